The van der Waals surface area contributed by atoms with Crippen molar-refractivity contribution in [3.63, 3.8) is 0 Å². The van der Waals surface area contributed by atoms with Crippen LogP contribution in [0.3, 0.4) is 0 Å². The molecule has 0 aliphatic carbocycles. The smallest absolute Gasteiger partial charge is 0.302 e. The zero-order valence-electron chi connectivity index (χ0n) is 69.7. The average Bonchev–Trinajstić information content (AvgIpc) is 1.82. The highest BCUT2D eigenvalue weighted by Gasteiger charge is 2.39. The third-order valence-electron chi connectivity index (χ3n) is 17.9. The Kier molecular flexibility index (Phi) is 47.0. The van der Waals surface area contributed by atoms with Gasteiger partial charge in [-0.05, 0) is 32.6 Å². The molecule has 115 heavy (non-hydrogen) atoms. The minimum atomic E-state index is -1.38. The van der Waals surface area contributed by atoms with E-state index in [0.29, 0.717) is 25.8 Å². The topological polar surface area (TPSA) is 459 Å². The number of carbonyl (C=O) groups excluding carboxylic acids is 17. The van der Waals surface area contributed by atoms with Gasteiger partial charge < -0.3 is 85.3 Å². The number of imidazole rings is 1. The Hall–Kier alpha value is -9.80. The highest BCUT2D eigenvalue weighted by atomic mass is 16.6. The molecule has 2 rings (SSSR count). The van der Waals surface area contributed by atoms with E-state index in [0.717, 1.165) is 116 Å². The molecule has 0 spiro atoms. The maximum atomic E-state index is 13.4. The Morgan fingerprint density at radius 1 is 0.287 bits per heavy atom. The normalized spacial score (nSPS) is 16.8. The van der Waals surface area contributed by atoms with Gasteiger partial charge in [-0.1, -0.05) is 13.3 Å². The number of hydrogen-bond acceptors (Lipinski definition) is 34. The van der Waals surface area contributed by atoms with Gasteiger partial charge in [0.15, 0.2) is 0 Å². The van der Waals surface area contributed by atoms with Gasteiger partial charge in [-0.2, -0.15) is 0 Å². The first-order valence-corrected chi connectivity index (χ1v) is 38.9. The second-order valence-corrected chi connectivity index (χ2v) is 29.0. The lowest BCUT2D eigenvalue weighted by Gasteiger charge is -2.35. The van der Waals surface area contributed by atoms with E-state index < -0.39 is 238 Å². The number of ether oxygens (including phenoxy) is 16. The molecule has 650 valence electrons. The summed E-state index contributed by atoms with van der Waals surface area (Å²) in [5, 5.41) is 0. The fourth-order valence-electron chi connectivity index (χ4n) is 14.6. The highest BCUT2D eigenvalue weighted by molar-refractivity contribution is 5.77. The summed E-state index contributed by atoms with van der Waals surface area (Å²) in [7, 11) is 0. The monoisotopic (exact) mass is 1640 g/mol. The van der Waals surface area contributed by atoms with Gasteiger partial charge in [0, 0.05) is 251 Å². The predicted molar refractivity (Wildman–Crippen MR) is 399 cm³/mol. The second kappa shape index (κ2) is 53.4. The van der Waals surface area contributed by atoms with Crippen LogP contribution in [-0.4, -0.2) is 226 Å². The van der Waals surface area contributed by atoms with Crippen LogP contribution in [0.1, 0.15) is 272 Å². The van der Waals surface area contributed by atoms with E-state index in [1.54, 1.807) is 25.6 Å². The third kappa shape index (κ3) is 47.6. The highest BCUT2D eigenvalue weighted by Crippen LogP contribution is 2.34. The first-order chi connectivity index (χ1) is 53.8. The number of likely N-dealkylation sites (tertiary alicyclic amines) is 1. The van der Waals surface area contributed by atoms with Crippen molar-refractivity contribution in [2.75, 3.05) is 6.54 Å². The van der Waals surface area contributed by atoms with Crippen LogP contribution in [0.25, 0.3) is 0 Å². The Bertz CT molecular complexity index is 3340. The van der Waals surface area contributed by atoms with Crippen molar-refractivity contribution in [2.45, 2.75) is 376 Å². The van der Waals surface area contributed by atoms with Gasteiger partial charge in [0.1, 0.15) is 97.7 Å². The van der Waals surface area contributed by atoms with E-state index >= 15 is 0 Å². The maximum Gasteiger partial charge on any atom is 0.302 e. The van der Waals surface area contributed by atoms with E-state index in [1.807, 2.05) is 16.4 Å². The van der Waals surface area contributed by atoms with Gasteiger partial charge in [-0.3, -0.25) is 81.5 Å². The van der Waals surface area contributed by atoms with Crippen molar-refractivity contribution in [1.29, 1.82) is 0 Å². The second-order valence-electron chi connectivity index (χ2n) is 29.0. The number of carbonyl (C=O) groups is 17. The van der Waals surface area contributed by atoms with Crippen LogP contribution in [0.4, 0.5) is 0 Å². The van der Waals surface area contributed by atoms with Crippen molar-refractivity contribution in [3.05, 3.63) is 18.7 Å². The molecule has 1 aromatic rings. The van der Waals surface area contributed by atoms with Crippen molar-refractivity contribution in [3.8, 4) is 0 Å². The number of nitrogens with zero attached hydrogens (tertiary/aromatic N) is 3. The maximum absolute atomic E-state index is 13.4. The van der Waals surface area contributed by atoms with Crippen molar-refractivity contribution < 1.29 is 157 Å². The quantitative estimate of drug-likeness (QED) is 0.0438. The molecular formula is C79H121N3O33. The van der Waals surface area contributed by atoms with Crippen LogP contribution < -0.4 is 0 Å². The largest absolute Gasteiger partial charge is 0.463 e. The van der Waals surface area contributed by atoms with Crippen molar-refractivity contribution in [2.24, 2.45) is 0 Å². The van der Waals surface area contributed by atoms with Crippen LogP contribution in [0.2, 0.25) is 0 Å². The molecule has 36 heteroatoms. The van der Waals surface area contributed by atoms with Gasteiger partial charge in [-0.25, -0.2) is 4.98 Å². The molecule has 1 fully saturated rings. The van der Waals surface area contributed by atoms with Crippen LogP contribution >= 0.6 is 0 Å². The summed E-state index contributed by atoms with van der Waals surface area (Å²) in [5.41, 5.74) is 0. The van der Waals surface area contributed by atoms with E-state index in [4.69, 9.17) is 75.8 Å². The number of hydrogen-bond donors (Lipinski definition) is 0. The van der Waals surface area contributed by atoms with E-state index in [2.05, 4.69) is 4.98 Å². The minimum Gasteiger partial charge on any atom is -0.463 e. The number of amides is 1. The first kappa shape index (κ1) is 101. The number of rotatable bonds is 53. The molecule has 0 bridgehead atoms. The van der Waals surface area contributed by atoms with E-state index in [1.165, 1.54) is 13.8 Å². The van der Waals surface area contributed by atoms with E-state index in [9.17, 15) is 81.5 Å². The molecule has 18 atom stereocenters. The predicted octanol–water partition coefficient (Wildman–Crippen LogP) is 8.16. The molecule has 2 heterocycles. The Labute approximate surface area is 671 Å². The molecule has 1 aliphatic rings. The van der Waals surface area contributed by atoms with Gasteiger partial charge in [0.2, 0.25) is 5.91 Å². The average molecular weight is 1640 g/mol. The summed E-state index contributed by atoms with van der Waals surface area (Å²) in [6.45, 7) is 21.7. The Morgan fingerprint density at radius 3 is 0.687 bits per heavy atom. The molecule has 1 amide bonds. The van der Waals surface area contributed by atoms with Crippen LogP contribution in [0.5, 0.6) is 0 Å². The Balaban J connectivity index is 2.67. The molecule has 1 aliphatic heterocycles. The van der Waals surface area contributed by atoms with Gasteiger partial charge in [0.05, 0.1) is 6.33 Å². The zero-order chi connectivity index (χ0) is 86.8. The fraction of sp³-hybridized carbons (Fsp3) is 0.747. The van der Waals surface area contributed by atoms with Crippen LogP contribution in [-0.2, 0) is 157 Å². The molecule has 0 aromatic carbocycles. The molecule has 0 N–H and O–H groups in total. The van der Waals surface area contributed by atoms with Crippen molar-refractivity contribution >= 4 is 101 Å². The van der Waals surface area contributed by atoms with Gasteiger partial charge in [-0.15, -0.1) is 0 Å². The summed E-state index contributed by atoms with van der Waals surface area (Å²) >= 11 is 0. The zero-order valence-corrected chi connectivity index (χ0v) is 69.7. The summed E-state index contributed by atoms with van der Waals surface area (Å²) in [5.74, 6) is -13.0. The van der Waals surface area contributed by atoms with Gasteiger partial charge >= 0.3 is 95.5 Å². The molecule has 36 nitrogen and oxygen atoms in total. The van der Waals surface area contributed by atoms with Gasteiger partial charge in [0.25, 0.3) is 0 Å². The van der Waals surface area contributed by atoms with E-state index in [-0.39, 0.29) is 76.2 Å². The standard InChI is InChI=1S/C79H121N3O33/c1-19-62(82-25-22-20-21-23-79(82)99)28-63(81-26-24-80-44-81)29-65(102-48(5)85)31-67(104-50(7)87)33-69(106-52(9)89)35-71(108-54(11)91)37-73(110-56(13)93)39-75(112-58(15)95)41-77(114-60(17)97)43-78(115-61(18)98)42-76(113-59(16)96)40-74(111-57(14)94)38-72(109-55(12)92)36-70(107-53(10)90)34-68(105-51(8)88)32-66(103-49(6)86)30-64(101-47(4)84)27-45(2)100-46(3)83/h24,26,44-45,62-78H,19-23,25,27-43H2,1-18H3. The molecule has 1 saturated heterocycles. The lowest BCUT2D eigenvalue weighted by molar-refractivity contribution is -0.166. The molecular weight excluding hydrogens is 1520 g/mol. The molecule has 0 radical (unpaired) electrons. The summed E-state index contributed by atoms with van der Waals surface area (Å²) in [4.78, 5) is 225. The first-order valence-electron chi connectivity index (χ1n) is 38.9. The molecule has 1 aromatic heterocycles. The lowest BCUT2D eigenvalue weighted by Crippen LogP contribution is -2.41. The number of esters is 16. The lowest BCUT2D eigenvalue weighted by atomic mass is 9.92. The van der Waals surface area contributed by atoms with Crippen LogP contribution in [0, 0.1) is 0 Å². The summed E-state index contributed by atoms with van der Waals surface area (Å²) in [6, 6.07) is -0.598. The van der Waals surface area contributed by atoms with Crippen LogP contribution in [0.15, 0.2) is 18.7 Å². The fourth-order valence-corrected chi connectivity index (χ4v) is 14.6. The molecule has 0 saturated carbocycles. The summed E-state index contributed by atoms with van der Waals surface area (Å²) in [6.07, 6.45) is -15.4. The summed E-state index contributed by atoms with van der Waals surface area (Å²) < 4.78 is 93.4. The Morgan fingerprint density at radius 2 is 0.496 bits per heavy atom. The third-order valence-corrected chi connectivity index (χ3v) is 17.9. The molecule has 18 unspecified atom stereocenters. The minimum absolute atomic E-state index is 0.0361. The SMILES string of the molecule is CCC(CC(CC(CC(CC(CC(CC(CC(CC(CC(CC(CC(CC(CC(CC(CC(CC(CC(C)OC(C)=O)OC(C)=O)OC(C)=O)OC(C)=O)OC(C)=O)OC(C)=O)OC(C)=O)OC(C)=O)OC(C)=O)OC(C)=O)OC(C)=O)OC(C)=O)OC(C)=O)OC(C)=O)OC(C)=O)OC(C)=O)n1ccnc1)N1CCCCCC1=O. The van der Waals surface area contributed by atoms with Crippen molar-refractivity contribution in [1.82, 2.24) is 14.5 Å². The number of aromatic nitrogens is 2.